The van der Waals surface area contributed by atoms with Crippen molar-refractivity contribution in [3.63, 3.8) is 0 Å². The minimum atomic E-state index is 0.291. The number of nitrogens with two attached hydrogens (primary N) is 1. The van der Waals surface area contributed by atoms with Crippen molar-refractivity contribution in [3.05, 3.63) is 0 Å². The summed E-state index contributed by atoms with van der Waals surface area (Å²) in [6.45, 7) is 1.63. The van der Waals surface area contributed by atoms with Crippen LogP contribution in [0, 0.1) is 0 Å². The normalized spacial score (nSPS) is 26.5. The van der Waals surface area contributed by atoms with E-state index < -0.39 is 0 Å². The summed E-state index contributed by atoms with van der Waals surface area (Å²) in [7, 11) is 0. The zero-order chi connectivity index (χ0) is 7.40. The predicted octanol–water partition coefficient (Wildman–Crippen LogP) is -0.930. The van der Waals surface area contributed by atoms with E-state index in [9.17, 15) is 4.79 Å². The number of hydrogen-bond donors (Lipinski definition) is 2. The van der Waals surface area contributed by atoms with Gasteiger partial charge in [-0.1, -0.05) is 0 Å². The topological polar surface area (TPSA) is 58.4 Å². The van der Waals surface area contributed by atoms with E-state index in [1.807, 2.05) is 0 Å². The zero-order valence-corrected chi connectivity index (χ0v) is 5.92. The standard InChI is InChI=1S/C6H13N3O/c7-8-6-2-1-3-9(4-6)5-10/h5-6,8H,1-4,7H2. The average molecular weight is 143 g/mol. The van der Waals surface area contributed by atoms with Gasteiger partial charge in [0.25, 0.3) is 0 Å². The third-order valence-corrected chi connectivity index (χ3v) is 1.84. The molecule has 1 unspecified atom stereocenters. The van der Waals surface area contributed by atoms with Crippen molar-refractivity contribution >= 4 is 6.41 Å². The van der Waals surface area contributed by atoms with Gasteiger partial charge < -0.3 is 4.90 Å². The van der Waals surface area contributed by atoms with Crippen LogP contribution in [0.15, 0.2) is 0 Å². The van der Waals surface area contributed by atoms with E-state index >= 15 is 0 Å². The second-order valence-electron chi connectivity index (χ2n) is 2.61. The highest BCUT2D eigenvalue weighted by Crippen LogP contribution is 2.06. The summed E-state index contributed by atoms with van der Waals surface area (Å²) >= 11 is 0. The van der Waals surface area contributed by atoms with Gasteiger partial charge in [-0.25, -0.2) is 0 Å². The molecule has 0 aliphatic carbocycles. The van der Waals surface area contributed by atoms with Crippen LogP contribution in [0.3, 0.4) is 0 Å². The van der Waals surface area contributed by atoms with Crippen LogP contribution in [-0.4, -0.2) is 30.4 Å². The molecule has 4 heteroatoms. The summed E-state index contributed by atoms with van der Waals surface area (Å²) in [5.74, 6) is 5.23. The van der Waals surface area contributed by atoms with Crippen LogP contribution in [0.4, 0.5) is 0 Å². The van der Waals surface area contributed by atoms with Gasteiger partial charge in [0.1, 0.15) is 0 Å². The number of piperidine rings is 1. The van der Waals surface area contributed by atoms with E-state index in [2.05, 4.69) is 5.43 Å². The first-order valence-corrected chi connectivity index (χ1v) is 3.52. The molecule has 0 spiro atoms. The van der Waals surface area contributed by atoms with Crippen LogP contribution < -0.4 is 11.3 Å². The van der Waals surface area contributed by atoms with Gasteiger partial charge in [0.05, 0.1) is 0 Å². The Morgan fingerprint density at radius 3 is 3.10 bits per heavy atom. The van der Waals surface area contributed by atoms with E-state index in [0.717, 1.165) is 32.3 Å². The van der Waals surface area contributed by atoms with E-state index in [1.54, 1.807) is 4.90 Å². The van der Waals surface area contributed by atoms with Crippen molar-refractivity contribution in [2.45, 2.75) is 18.9 Å². The lowest BCUT2D eigenvalue weighted by Crippen LogP contribution is -2.47. The molecule has 0 aromatic carbocycles. The van der Waals surface area contributed by atoms with Gasteiger partial charge >= 0.3 is 0 Å². The molecule has 0 radical (unpaired) electrons. The molecule has 0 aromatic heterocycles. The summed E-state index contributed by atoms with van der Waals surface area (Å²) in [6, 6.07) is 0.291. The smallest absolute Gasteiger partial charge is 0.209 e. The Hall–Kier alpha value is -0.610. The molecule has 1 saturated heterocycles. The molecular formula is C6H13N3O. The molecule has 3 N–H and O–H groups in total. The Morgan fingerprint density at radius 1 is 1.70 bits per heavy atom. The van der Waals surface area contributed by atoms with E-state index in [1.165, 1.54) is 0 Å². The fourth-order valence-electron chi connectivity index (χ4n) is 1.24. The lowest BCUT2D eigenvalue weighted by Gasteiger charge is -2.28. The molecular weight excluding hydrogens is 130 g/mol. The first-order valence-electron chi connectivity index (χ1n) is 3.52. The molecule has 10 heavy (non-hydrogen) atoms. The minimum absolute atomic E-state index is 0.291. The molecule has 1 fully saturated rings. The summed E-state index contributed by atoms with van der Waals surface area (Å²) in [5, 5.41) is 0. The van der Waals surface area contributed by atoms with E-state index in [4.69, 9.17) is 5.84 Å². The van der Waals surface area contributed by atoms with Crippen molar-refractivity contribution < 1.29 is 4.79 Å². The quantitative estimate of drug-likeness (QED) is 0.298. The van der Waals surface area contributed by atoms with Crippen LogP contribution in [0.2, 0.25) is 0 Å². The van der Waals surface area contributed by atoms with Gasteiger partial charge in [-0.3, -0.25) is 16.1 Å². The van der Waals surface area contributed by atoms with Crippen LogP contribution >= 0.6 is 0 Å². The third-order valence-electron chi connectivity index (χ3n) is 1.84. The van der Waals surface area contributed by atoms with Crippen LogP contribution in [0.1, 0.15) is 12.8 Å². The minimum Gasteiger partial charge on any atom is -0.344 e. The van der Waals surface area contributed by atoms with Crippen LogP contribution in [-0.2, 0) is 4.79 Å². The largest absolute Gasteiger partial charge is 0.344 e. The van der Waals surface area contributed by atoms with Crippen molar-refractivity contribution in [2.24, 2.45) is 5.84 Å². The average Bonchev–Trinajstić information content (AvgIpc) is 2.05. The molecule has 1 atom stereocenters. The SMILES string of the molecule is NNC1CCCN(C=O)C1. The number of nitrogens with zero attached hydrogens (tertiary/aromatic N) is 1. The molecule has 58 valence electrons. The first kappa shape index (κ1) is 7.50. The summed E-state index contributed by atoms with van der Waals surface area (Å²) in [5.41, 5.74) is 2.67. The van der Waals surface area contributed by atoms with Gasteiger partial charge in [0.15, 0.2) is 0 Å². The molecule has 1 rings (SSSR count). The Kier molecular flexibility index (Phi) is 2.65. The van der Waals surface area contributed by atoms with Gasteiger partial charge in [0.2, 0.25) is 6.41 Å². The van der Waals surface area contributed by atoms with E-state index in [-0.39, 0.29) is 0 Å². The summed E-state index contributed by atoms with van der Waals surface area (Å²) in [4.78, 5) is 12.0. The van der Waals surface area contributed by atoms with Crippen molar-refractivity contribution in [2.75, 3.05) is 13.1 Å². The monoisotopic (exact) mass is 143 g/mol. The van der Waals surface area contributed by atoms with Crippen molar-refractivity contribution in [1.29, 1.82) is 0 Å². The van der Waals surface area contributed by atoms with Gasteiger partial charge in [-0.15, -0.1) is 0 Å². The summed E-state index contributed by atoms with van der Waals surface area (Å²) in [6.07, 6.45) is 3.00. The maximum absolute atomic E-state index is 10.3. The number of carbonyl (C=O) groups is 1. The molecule has 1 amide bonds. The number of hydrogen-bond acceptors (Lipinski definition) is 3. The number of hydrazine groups is 1. The van der Waals surface area contributed by atoms with Gasteiger partial charge in [0, 0.05) is 19.1 Å². The van der Waals surface area contributed by atoms with Gasteiger partial charge in [-0.2, -0.15) is 0 Å². The molecule has 0 aromatic rings. The fraction of sp³-hybridized carbons (Fsp3) is 0.833. The molecule has 1 aliphatic rings. The molecule has 4 nitrogen and oxygen atoms in total. The lowest BCUT2D eigenvalue weighted by molar-refractivity contribution is -0.119. The van der Waals surface area contributed by atoms with Crippen LogP contribution in [0.5, 0.6) is 0 Å². The number of nitrogens with one attached hydrogen (secondary N) is 1. The number of carbonyl (C=O) groups excluding carboxylic acids is 1. The fourth-order valence-corrected chi connectivity index (χ4v) is 1.24. The molecule has 0 bridgehead atoms. The number of rotatable bonds is 2. The number of likely N-dealkylation sites (tertiary alicyclic amines) is 1. The summed E-state index contributed by atoms with van der Waals surface area (Å²) < 4.78 is 0. The Labute approximate surface area is 60.3 Å². The second kappa shape index (κ2) is 3.53. The lowest BCUT2D eigenvalue weighted by atomic mass is 10.1. The second-order valence-corrected chi connectivity index (χ2v) is 2.61. The maximum atomic E-state index is 10.3. The van der Waals surface area contributed by atoms with E-state index in [0.29, 0.717) is 6.04 Å². The van der Waals surface area contributed by atoms with Crippen molar-refractivity contribution in [3.8, 4) is 0 Å². The van der Waals surface area contributed by atoms with Crippen LogP contribution in [0.25, 0.3) is 0 Å². The van der Waals surface area contributed by atoms with Gasteiger partial charge in [-0.05, 0) is 12.8 Å². The zero-order valence-electron chi connectivity index (χ0n) is 5.92. The predicted molar refractivity (Wildman–Crippen MR) is 38.0 cm³/mol. The maximum Gasteiger partial charge on any atom is 0.209 e. The highest BCUT2D eigenvalue weighted by Gasteiger charge is 2.16. The van der Waals surface area contributed by atoms with Crippen molar-refractivity contribution in [1.82, 2.24) is 10.3 Å². The molecule has 1 aliphatic heterocycles. The first-order chi connectivity index (χ1) is 4.86. The molecule has 0 saturated carbocycles. The third kappa shape index (κ3) is 1.68. The highest BCUT2D eigenvalue weighted by molar-refractivity contribution is 5.47. The Bertz CT molecular complexity index is 118. The Morgan fingerprint density at radius 2 is 2.50 bits per heavy atom. The highest BCUT2D eigenvalue weighted by atomic mass is 16.1. The number of amides is 1. The molecule has 1 heterocycles. The Balaban J connectivity index is 2.31.